The predicted octanol–water partition coefficient (Wildman–Crippen LogP) is 1.47. The minimum atomic E-state index is -0.892. The van der Waals surface area contributed by atoms with Crippen LogP contribution in [0.2, 0.25) is 0 Å². The fourth-order valence-electron chi connectivity index (χ4n) is 2.45. The lowest BCUT2D eigenvalue weighted by Gasteiger charge is -2.19. The molecule has 1 amide bonds. The number of aryl methyl sites for hydroxylation is 1. The fraction of sp³-hybridized carbons (Fsp3) is 0.786. The van der Waals surface area contributed by atoms with Gasteiger partial charge in [0.05, 0.1) is 5.54 Å². The van der Waals surface area contributed by atoms with Gasteiger partial charge >= 0.3 is 0 Å². The molecule has 1 atom stereocenters. The molecule has 2 heterocycles. The Kier molecular flexibility index (Phi) is 5.64. The molecular weight excluding hydrogens is 286 g/mol. The lowest BCUT2D eigenvalue weighted by atomic mass is 9.96. The van der Waals surface area contributed by atoms with Crippen molar-refractivity contribution in [2.24, 2.45) is 11.5 Å². The topological polar surface area (TPSA) is 99.8 Å². The molecule has 1 aliphatic heterocycles. The first-order valence-corrected chi connectivity index (χ1v) is 8.63. The smallest absolute Gasteiger partial charge is 0.237 e. The highest BCUT2D eigenvalue weighted by Crippen LogP contribution is 2.23. The fourth-order valence-corrected chi connectivity index (χ4v) is 3.43. The summed E-state index contributed by atoms with van der Waals surface area (Å²) >= 11 is 1.74. The first kappa shape index (κ1) is 16.3. The highest BCUT2D eigenvalue weighted by molar-refractivity contribution is 7.99. The number of carbonyl (C=O) groups is 1. The van der Waals surface area contributed by atoms with Crippen LogP contribution in [0.4, 0.5) is 0 Å². The largest absolute Gasteiger partial charge is 0.368 e. The lowest BCUT2D eigenvalue weighted by molar-refractivity contribution is -0.122. The van der Waals surface area contributed by atoms with Crippen LogP contribution < -0.4 is 11.5 Å². The van der Waals surface area contributed by atoms with Gasteiger partial charge in [0.2, 0.25) is 5.91 Å². The maximum atomic E-state index is 11.1. The van der Waals surface area contributed by atoms with E-state index in [0.29, 0.717) is 6.42 Å². The van der Waals surface area contributed by atoms with E-state index in [1.165, 1.54) is 19.3 Å². The summed E-state index contributed by atoms with van der Waals surface area (Å²) in [6.07, 6.45) is 7.25. The van der Waals surface area contributed by atoms with Crippen molar-refractivity contribution in [1.82, 2.24) is 14.8 Å². The SMILES string of the molecule is CC(N)(CCCCSc1nnc2n1CCCCC2)C(N)=O. The van der Waals surface area contributed by atoms with Gasteiger partial charge in [0.15, 0.2) is 5.16 Å². The van der Waals surface area contributed by atoms with Crippen molar-refractivity contribution in [3.05, 3.63) is 5.82 Å². The number of amides is 1. The van der Waals surface area contributed by atoms with Gasteiger partial charge in [-0.1, -0.05) is 24.6 Å². The van der Waals surface area contributed by atoms with Gasteiger partial charge in [0.25, 0.3) is 0 Å². The van der Waals surface area contributed by atoms with Crippen LogP contribution in [-0.2, 0) is 17.8 Å². The Hall–Kier alpha value is -1.08. The Morgan fingerprint density at radius 2 is 2.14 bits per heavy atom. The summed E-state index contributed by atoms with van der Waals surface area (Å²) in [5.41, 5.74) is 10.2. The molecule has 118 valence electrons. The van der Waals surface area contributed by atoms with Gasteiger partial charge in [-0.05, 0) is 32.6 Å². The predicted molar refractivity (Wildman–Crippen MR) is 83.9 cm³/mol. The summed E-state index contributed by atoms with van der Waals surface area (Å²) in [4.78, 5) is 11.1. The second-order valence-corrected chi connectivity index (χ2v) is 7.01. The number of aromatic nitrogens is 3. The third kappa shape index (κ3) is 4.44. The van der Waals surface area contributed by atoms with Crippen LogP contribution in [0.25, 0.3) is 0 Å². The van der Waals surface area contributed by atoms with Crippen molar-refractivity contribution in [3.63, 3.8) is 0 Å². The molecule has 6 nitrogen and oxygen atoms in total. The molecule has 7 heteroatoms. The van der Waals surface area contributed by atoms with Gasteiger partial charge in [-0.15, -0.1) is 10.2 Å². The summed E-state index contributed by atoms with van der Waals surface area (Å²) in [5.74, 6) is 1.66. The number of fused-ring (bicyclic) bond motifs is 1. The van der Waals surface area contributed by atoms with E-state index in [2.05, 4.69) is 14.8 Å². The molecule has 4 N–H and O–H groups in total. The van der Waals surface area contributed by atoms with Crippen LogP contribution in [0, 0.1) is 0 Å². The van der Waals surface area contributed by atoms with Crippen LogP contribution in [0.3, 0.4) is 0 Å². The van der Waals surface area contributed by atoms with E-state index < -0.39 is 11.4 Å². The molecular formula is C14H25N5OS. The van der Waals surface area contributed by atoms with Gasteiger partial charge < -0.3 is 16.0 Å². The van der Waals surface area contributed by atoms with Gasteiger partial charge in [-0.2, -0.15) is 0 Å². The van der Waals surface area contributed by atoms with E-state index in [1.807, 2.05) is 0 Å². The first-order valence-electron chi connectivity index (χ1n) is 7.64. The van der Waals surface area contributed by atoms with Crippen molar-refractivity contribution in [3.8, 4) is 0 Å². The molecule has 2 rings (SSSR count). The highest BCUT2D eigenvalue weighted by atomic mass is 32.2. The van der Waals surface area contributed by atoms with E-state index in [9.17, 15) is 4.79 Å². The minimum absolute atomic E-state index is 0.432. The number of unbranched alkanes of at least 4 members (excludes halogenated alkanes) is 1. The molecule has 21 heavy (non-hydrogen) atoms. The molecule has 1 aromatic rings. The molecule has 0 radical (unpaired) electrons. The van der Waals surface area contributed by atoms with E-state index in [-0.39, 0.29) is 0 Å². The minimum Gasteiger partial charge on any atom is -0.368 e. The van der Waals surface area contributed by atoms with Gasteiger partial charge in [0, 0.05) is 18.7 Å². The second kappa shape index (κ2) is 7.26. The molecule has 0 saturated heterocycles. The maximum absolute atomic E-state index is 11.1. The molecule has 1 aliphatic rings. The number of rotatable bonds is 7. The molecule has 0 spiro atoms. The number of carbonyl (C=O) groups excluding carboxylic acids is 1. The summed E-state index contributed by atoms with van der Waals surface area (Å²) in [6.45, 7) is 2.73. The summed E-state index contributed by atoms with van der Waals surface area (Å²) in [5, 5.41) is 9.61. The number of nitrogens with zero attached hydrogens (tertiary/aromatic N) is 3. The van der Waals surface area contributed by atoms with Crippen LogP contribution in [0.15, 0.2) is 5.16 Å². The van der Waals surface area contributed by atoms with E-state index in [4.69, 9.17) is 11.5 Å². The lowest BCUT2D eigenvalue weighted by Crippen LogP contribution is -2.49. The number of hydrogen-bond donors (Lipinski definition) is 2. The van der Waals surface area contributed by atoms with Crippen LogP contribution in [0.1, 0.15) is 51.3 Å². The number of hydrogen-bond acceptors (Lipinski definition) is 5. The average Bonchev–Trinajstić information content (AvgIpc) is 2.67. The van der Waals surface area contributed by atoms with Gasteiger partial charge in [0.1, 0.15) is 5.82 Å². The summed E-state index contributed by atoms with van der Waals surface area (Å²) in [6, 6.07) is 0. The Morgan fingerprint density at radius 1 is 1.33 bits per heavy atom. The zero-order valence-corrected chi connectivity index (χ0v) is 13.5. The third-order valence-corrected chi connectivity index (χ3v) is 5.01. The van der Waals surface area contributed by atoms with Gasteiger partial charge in [-0.3, -0.25) is 4.79 Å². The molecule has 0 bridgehead atoms. The maximum Gasteiger partial charge on any atom is 0.237 e. The Bertz CT molecular complexity index is 486. The van der Waals surface area contributed by atoms with Crippen molar-refractivity contribution in [2.45, 2.75) is 69.1 Å². The van der Waals surface area contributed by atoms with Crippen LogP contribution >= 0.6 is 11.8 Å². The zero-order valence-electron chi connectivity index (χ0n) is 12.7. The average molecular weight is 311 g/mol. The van der Waals surface area contributed by atoms with Crippen molar-refractivity contribution >= 4 is 17.7 Å². The van der Waals surface area contributed by atoms with Crippen LogP contribution in [0.5, 0.6) is 0 Å². The van der Waals surface area contributed by atoms with Crippen LogP contribution in [-0.4, -0.2) is 32.0 Å². The zero-order chi connectivity index (χ0) is 15.3. The monoisotopic (exact) mass is 311 g/mol. The Balaban J connectivity index is 1.74. The van der Waals surface area contributed by atoms with Crippen molar-refractivity contribution in [2.75, 3.05) is 5.75 Å². The molecule has 1 unspecified atom stereocenters. The van der Waals surface area contributed by atoms with E-state index in [1.54, 1.807) is 18.7 Å². The van der Waals surface area contributed by atoms with Gasteiger partial charge in [-0.25, -0.2) is 0 Å². The standard InChI is InChI=1S/C14H25N5OS/c1-14(16,12(15)20)8-4-6-10-21-13-18-17-11-7-3-2-5-9-19(11)13/h2-10,16H2,1H3,(H2,15,20). The Labute approximate surface area is 130 Å². The molecule has 0 aliphatic carbocycles. The van der Waals surface area contributed by atoms with E-state index in [0.717, 1.165) is 42.5 Å². The summed E-state index contributed by atoms with van der Waals surface area (Å²) in [7, 11) is 0. The van der Waals surface area contributed by atoms with E-state index >= 15 is 0 Å². The number of nitrogens with two attached hydrogens (primary N) is 2. The Morgan fingerprint density at radius 3 is 2.90 bits per heavy atom. The summed E-state index contributed by atoms with van der Waals surface area (Å²) < 4.78 is 2.26. The number of thioether (sulfide) groups is 1. The molecule has 1 aromatic heterocycles. The van der Waals surface area contributed by atoms with Crippen molar-refractivity contribution < 1.29 is 4.79 Å². The molecule has 0 aromatic carbocycles. The molecule has 0 fully saturated rings. The second-order valence-electron chi connectivity index (χ2n) is 5.95. The highest BCUT2D eigenvalue weighted by Gasteiger charge is 2.24. The normalized spacial score (nSPS) is 17.8. The number of primary amides is 1. The quantitative estimate of drug-likeness (QED) is 0.587. The molecule has 0 saturated carbocycles. The third-order valence-electron chi connectivity index (χ3n) is 3.96. The first-order chi connectivity index (χ1) is 10.0. The van der Waals surface area contributed by atoms with Crippen molar-refractivity contribution in [1.29, 1.82) is 0 Å².